The number of rotatable bonds is 3. The maximum absolute atomic E-state index is 12.3. The van der Waals surface area contributed by atoms with E-state index in [1.54, 1.807) is 24.3 Å². The SMILES string of the molecule is O=C(NCc1ccc(Cl)cc1)c1cc2ccccc2cc1O. The van der Waals surface area contributed by atoms with Gasteiger partial charge in [-0.05, 0) is 40.6 Å². The maximum atomic E-state index is 12.3. The molecule has 0 saturated carbocycles. The lowest BCUT2D eigenvalue weighted by atomic mass is 10.1. The lowest BCUT2D eigenvalue weighted by Crippen LogP contribution is -2.22. The second-order valence-corrected chi connectivity index (χ2v) is 5.46. The predicted octanol–water partition coefficient (Wildman–Crippen LogP) is 4.13. The van der Waals surface area contributed by atoms with Crippen molar-refractivity contribution >= 4 is 28.3 Å². The fourth-order valence-electron chi connectivity index (χ4n) is 2.29. The largest absolute Gasteiger partial charge is 0.507 e. The Bertz CT molecular complexity index is 828. The van der Waals surface area contributed by atoms with Crippen LogP contribution in [0, 0.1) is 0 Å². The first kappa shape index (κ1) is 14.4. The molecule has 0 fully saturated rings. The van der Waals surface area contributed by atoms with E-state index in [4.69, 9.17) is 11.6 Å². The number of aromatic hydroxyl groups is 1. The Kier molecular flexibility index (Phi) is 3.98. The molecule has 3 rings (SSSR count). The summed E-state index contributed by atoms with van der Waals surface area (Å²) in [6, 6.07) is 18.1. The van der Waals surface area contributed by atoms with Gasteiger partial charge in [0.05, 0.1) is 5.56 Å². The van der Waals surface area contributed by atoms with E-state index in [1.165, 1.54) is 0 Å². The van der Waals surface area contributed by atoms with Crippen molar-refractivity contribution in [2.24, 2.45) is 0 Å². The van der Waals surface area contributed by atoms with Crippen molar-refractivity contribution in [3.63, 3.8) is 0 Å². The van der Waals surface area contributed by atoms with Crippen molar-refractivity contribution in [3.05, 3.63) is 76.8 Å². The summed E-state index contributed by atoms with van der Waals surface area (Å²) < 4.78 is 0. The number of amides is 1. The van der Waals surface area contributed by atoms with Gasteiger partial charge in [0.2, 0.25) is 0 Å². The van der Waals surface area contributed by atoms with Gasteiger partial charge in [-0.1, -0.05) is 48.0 Å². The third-order valence-electron chi connectivity index (χ3n) is 3.47. The van der Waals surface area contributed by atoms with Gasteiger partial charge >= 0.3 is 0 Å². The number of hydrogen-bond donors (Lipinski definition) is 2. The maximum Gasteiger partial charge on any atom is 0.255 e. The predicted molar refractivity (Wildman–Crippen MR) is 88.2 cm³/mol. The molecule has 110 valence electrons. The molecule has 3 nitrogen and oxygen atoms in total. The number of fused-ring (bicyclic) bond motifs is 1. The fourth-order valence-corrected chi connectivity index (χ4v) is 2.42. The molecular weight excluding hydrogens is 298 g/mol. The molecule has 3 aromatic carbocycles. The van der Waals surface area contributed by atoms with E-state index in [0.29, 0.717) is 11.6 Å². The highest BCUT2D eigenvalue weighted by Gasteiger charge is 2.12. The Labute approximate surface area is 133 Å². The van der Waals surface area contributed by atoms with E-state index in [9.17, 15) is 9.90 Å². The average molecular weight is 312 g/mol. The second kappa shape index (κ2) is 6.08. The molecule has 0 atom stereocenters. The van der Waals surface area contributed by atoms with Crippen LogP contribution in [-0.4, -0.2) is 11.0 Å². The van der Waals surface area contributed by atoms with Crippen LogP contribution in [0.5, 0.6) is 5.75 Å². The standard InChI is InChI=1S/C18H14ClNO2/c19-15-7-5-12(6-8-15)11-20-18(22)16-9-13-3-1-2-4-14(13)10-17(16)21/h1-10,21H,11H2,(H,20,22). The van der Waals surface area contributed by atoms with Crippen molar-refractivity contribution in [2.45, 2.75) is 6.54 Å². The minimum Gasteiger partial charge on any atom is -0.507 e. The monoisotopic (exact) mass is 311 g/mol. The molecule has 0 aliphatic rings. The summed E-state index contributed by atoms with van der Waals surface area (Å²) in [4.78, 5) is 12.3. The van der Waals surface area contributed by atoms with Gasteiger partial charge in [-0.3, -0.25) is 4.79 Å². The van der Waals surface area contributed by atoms with Gasteiger partial charge < -0.3 is 10.4 Å². The van der Waals surface area contributed by atoms with Gasteiger partial charge in [0, 0.05) is 11.6 Å². The van der Waals surface area contributed by atoms with E-state index in [0.717, 1.165) is 16.3 Å². The molecule has 2 N–H and O–H groups in total. The van der Waals surface area contributed by atoms with Gasteiger partial charge in [0.1, 0.15) is 5.75 Å². The molecule has 4 heteroatoms. The summed E-state index contributed by atoms with van der Waals surface area (Å²) in [5.41, 5.74) is 1.21. The van der Waals surface area contributed by atoms with Crippen LogP contribution in [-0.2, 0) is 6.54 Å². The quantitative estimate of drug-likeness (QED) is 0.764. The second-order valence-electron chi connectivity index (χ2n) is 5.03. The Morgan fingerprint density at radius 2 is 1.64 bits per heavy atom. The third kappa shape index (κ3) is 3.05. The first-order valence-electron chi connectivity index (χ1n) is 6.88. The number of nitrogens with one attached hydrogen (secondary N) is 1. The van der Waals surface area contributed by atoms with Crippen molar-refractivity contribution in [3.8, 4) is 5.75 Å². The summed E-state index contributed by atoms with van der Waals surface area (Å²) in [5, 5.41) is 15.3. The molecule has 0 bridgehead atoms. The highest BCUT2D eigenvalue weighted by atomic mass is 35.5. The summed E-state index contributed by atoms with van der Waals surface area (Å²) in [6.45, 7) is 0.377. The van der Waals surface area contributed by atoms with Crippen LogP contribution in [0.4, 0.5) is 0 Å². The smallest absolute Gasteiger partial charge is 0.255 e. The van der Waals surface area contributed by atoms with Crippen LogP contribution in [0.3, 0.4) is 0 Å². The molecule has 0 spiro atoms. The van der Waals surface area contributed by atoms with Crippen molar-refractivity contribution in [2.75, 3.05) is 0 Å². The minimum atomic E-state index is -0.307. The van der Waals surface area contributed by atoms with Crippen LogP contribution in [0.25, 0.3) is 10.8 Å². The van der Waals surface area contributed by atoms with E-state index in [1.807, 2.05) is 36.4 Å². The third-order valence-corrected chi connectivity index (χ3v) is 3.73. The number of halogens is 1. The van der Waals surface area contributed by atoms with Gasteiger partial charge in [-0.15, -0.1) is 0 Å². The Hall–Kier alpha value is -2.52. The van der Waals surface area contributed by atoms with Crippen molar-refractivity contribution in [1.82, 2.24) is 5.32 Å². The van der Waals surface area contributed by atoms with Crippen LogP contribution in [0.2, 0.25) is 5.02 Å². The van der Waals surface area contributed by atoms with Gasteiger partial charge in [0.25, 0.3) is 5.91 Å². The lowest BCUT2D eigenvalue weighted by molar-refractivity contribution is 0.0948. The van der Waals surface area contributed by atoms with Crippen molar-refractivity contribution < 1.29 is 9.90 Å². The highest BCUT2D eigenvalue weighted by molar-refractivity contribution is 6.30. The van der Waals surface area contributed by atoms with E-state index in [-0.39, 0.29) is 17.2 Å². The first-order valence-corrected chi connectivity index (χ1v) is 7.26. The number of phenolic OH excluding ortho intramolecular Hbond substituents is 1. The molecular formula is C18H14ClNO2. The number of carbonyl (C=O) groups is 1. The van der Waals surface area contributed by atoms with E-state index in [2.05, 4.69) is 5.32 Å². The molecule has 0 unspecified atom stereocenters. The normalized spacial score (nSPS) is 10.6. The molecule has 22 heavy (non-hydrogen) atoms. The average Bonchev–Trinajstić information content (AvgIpc) is 2.53. The van der Waals surface area contributed by atoms with Crippen LogP contribution >= 0.6 is 11.6 Å². The molecule has 3 aromatic rings. The number of hydrogen-bond acceptors (Lipinski definition) is 2. The summed E-state index contributed by atoms with van der Waals surface area (Å²) in [5.74, 6) is -0.328. The van der Waals surface area contributed by atoms with Crippen LogP contribution in [0.15, 0.2) is 60.7 Å². The topological polar surface area (TPSA) is 49.3 Å². The van der Waals surface area contributed by atoms with E-state index < -0.39 is 0 Å². The molecule has 0 aliphatic heterocycles. The molecule has 0 radical (unpaired) electrons. The fraction of sp³-hybridized carbons (Fsp3) is 0.0556. The summed E-state index contributed by atoms with van der Waals surface area (Å²) in [7, 11) is 0. The van der Waals surface area contributed by atoms with Crippen molar-refractivity contribution in [1.29, 1.82) is 0 Å². The molecule has 1 amide bonds. The zero-order chi connectivity index (χ0) is 15.5. The zero-order valence-electron chi connectivity index (χ0n) is 11.7. The molecule has 0 heterocycles. The van der Waals surface area contributed by atoms with Gasteiger partial charge in [0.15, 0.2) is 0 Å². The first-order chi connectivity index (χ1) is 10.6. The highest BCUT2D eigenvalue weighted by Crippen LogP contribution is 2.25. The zero-order valence-corrected chi connectivity index (χ0v) is 12.5. The Balaban J connectivity index is 1.79. The lowest BCUT2D eigenvalue weighted by Gasteiger charge is -2.08. The summed E-state index contributed by atoms with van der Waals surface area (Å²) >= 11 is 5.83. The van der Waals surface area contributed by atoms with E-state index >= 15 is 0 Å². The Morgan fingerprint density at radius 1 is 1.00 bits per heavy atom. The number of phenols is 1. The van der Waals surface area contributed by atoms with Crippen LogP contribution in [0.1, 0.15) is 15.9 Å². The van der Waals surface area contributed by atoms with Crippen LogP contribution < -0.4 is 5.32 Å². The number of benzene rings is 3. The minimum absolute atomic E-state index is 0.0210. The van der Waals surface area contributed by atoms with Gasteiger partial charge in [-0.25, -0.2) is 0 Å². The molecule has 0 aliphatic carbocycles. The molecule has 0 saturated heterocycles. The summed E-state index contributed by atoms with van der Waals surface area (Å²) in [6.07, 6.45) is 0. The Morgan fingerprint density at radius 3 is 2.32 bits per heavy atom. The van der Waals surface area contributed by atoms with Gasteiger partial charge in [-0.2, -0.15) is 0 Å². The molecule has 0 aromatic heterocycles. The number of carbonyl (C=O) groups excluding carboxylic acids is 1.